The minimum Gasteiger partial charge on any atom is -0.466 e. The molecule has 0 spiro atoms. The van der Waals surface area contributed by atoms with E-state index < -0.39 is 0 Å². The van der Waals surface area contributed by atoms with Crippen LogP contribution < -0.4 is 0 Å². The topological polar surface area (TPSA) is 26.3 Å². The van der Waals surface area contributed by atoms with E-state index in [0.29, 0.717) is 13.0 Å². The summed E-state index contributed by atoms with van der Waals surface area (Å²) in [7, 11) is 0. The Hall–Kier alpha value is -0.530. The first-order chi connectivity index (χ1) is 15.2. The Balaban J connectivity index is 3.15. The summed E-state index contributed by atoms with van der Waals surface area (Å²) in [5.74, 6) is 0.875. The van der Waals surface area contributed by atoms with Crippen LogP contribution in [0.4, 0.5) is 0 Å². The van der Waals surface area contributed by atoms with Crippen LogP contribution in [0.1, 0.15) is 168 Å². The summed E-state index contributed by atoms with van der Waals surface area (Å²) < 4.78 is 5.39. The van der Waals surface area contributed by atoms with Gasteiger partial charge in [0.1, 0.15) is 0 Å². The SMILES string of the molecule is CCCCCCCCCCCCCCCC(=O)OCCCCCCCCCCC(C)C. The van der Waals surface area contributed by atoms with Crippen LogP contribution in [0.2, 0.25) is 0 Å². The summed E-state index contributed by atoms with van der Waals surface area (Å²) in [4.78, 5) is 11.8. The maximum atomic E-state index is 11.8. The predicted molar refractivity (Wildman–Crippen MR) is 138 cm³/mol. The smallest absolute Gasteiger partial charge is 0.305 e. The third-order valence-electron chi connectivity index (χ3n) is 6.42. The molecular weight excluding hydrogens is 380 g/mol. The quantitative estimate of drug-likeness (QED) is 0.105. The van der Waals surface area contributed by atoms with Crippen LogP contribution in [0.5, 0.6) is 0 Å². The number of hydrogen-bond acceptors (Lipinski definition) is 2. The second kappa shape index (κ2) is 25.7. The van der Waals surface area contributed by atoms with E-state index >= 15 is 0 Å². The van der Waals surface area contributed by atoms with E-state index in [1.165, 1.54) is 128 Å². The Bertz CT molecular complexity index is 351. The summed E-state index contributed by atoms with van der Waals surface area (Å²) in [6, 6.07) is 0. The molecule has 2 nitrogen and oxygen atoms in total. The number of hydrogen-bond donors (Lipinski definition) is 0. The number of unbranched alkanes of at least 4 members (excludes halogenated alkanes) is 19. The molecule has 2 heteroatoms. The van der Waals surface area contributed by atoms with Gasteiger partial charge in [0.2, 0.25) is 0 Å². The van der Waals surface area contributed by atoms with Gasteiger partial charge in [-0.25, -0.2) is 0 Å². The number of rotatable bonds is 25. The fourth-order valence-corrected chi connectivity index (χ4v) is 4.26. The molecule has 0 aromatic heterocycles. The van der Waals surface area contributed by atoms with E-state index in [1.54, 1.807) is 0 Å². The Morgan fingerprint density at radius 3 is 1.39 bits per heavy atom. The van der Waals surface area contributed by atoms with Crippen LogP contribution in [-0.2, 0) is 9.53 Å². The molecule has 0 aromatic carbocycles. The molecule has 0 atom stereocenters. The number of esters is 1. The van der Waals surface area contributed by atoms with E-state index in [9.17, 15) is 4.79 Å². The molecule has 0 fully saturated rings. The maximum Gasteiger partial charge on any atom is 0.305 e. The molecule has 0 amide bonds. The average molecular weight is 439 g/mol. The minimum atomic E-state index is 0.0215. The Labute approximate surface area is 196 Å². The van der Waals surface area contributed by atoms with E-state index in [2.05, 4.69) is 20.8 Å². The zero-order valence-electron chi connectivity index (χ0n) is 21.9. The van der Waals surface area contributed by atoms with Crippen molar-refractivity contribution in [3.05, 3.63) is 0 Å². The molecule has 31 heavy (non-hydrogen) atoms. The highest BCUT2D eigenvalue weighted by molar-refractivity contribution is 5.69. The molecule has 0 heterocycles. The molecule has 0 N–H and O–H groups in total. The van der Waals surface area contributed by atoms with Crippen molar-refractivity contribution in [2.45, 2.75) is 168 Å². The monoisotopic (exact) mass is 438 g/mol. The molecule has 0 radical (unpaired) electrons. The van der Waals surface area contributed by atoms with Gasteiger partial charge < -0.3 is 4.74 Å². The second-order valence-electron chi connectivity index (χ2n) is 10.2. The first-order valence-corrected chi connectivity index (χ1v) is 14.3. The third kappa shape index (κ3) is 27.4. The third-order valence-corrected chi connectivity index (χ3v) is 6.42. The Kier molecular flexibility index (Phi) is 25.3. The van der Waals surface area contributed by atoms with Gasteiger partial charge in [-0.15, -0.1) is 0 Å². The van der Waals surface area contributed by atoms with Gasteiger partial charge in [0, 0.05) is 6.42 Å². The van der Waals surface area contributed by atoms with E-state index in [4.69, 9.17) is 4.74 Å². The van der Waals surface area contributed by atoms with Gasteiger partial charge in [0.25, 0.3) is 0 Å². The van der Waals surface area contributed by atoms with Crippen LogP contribution in [-0.4, -0.2) is 12.6 Å². The molecule has 0 unspecified atom stereocenters. The zero-order valence-corrected chi connectivity index (χ0v) is 21.9. The fourth-order valence-electron chi connectivity index (χ4n) is 4.26. The van der Waals surface area contributed by atoms with Crippen molar-refractivity contribution in [2.24, 2.45) is 5.92 Å². The molecule has 0 rings (SSSR count). The highest BCUT2D eigenvalue weighted by Gasteiger charge is 2.02. The van der Waals surface area contributed by atoms with E-state index in [1.807, 2.05) is 0 Å². The van der Waals surface area contributed by atoms with Gasteiger partial charge in [-0.3, -0.25) is 4.79 Å². The van der Waals surface area contributed by atoms with Crippen molar-refractivity contribution in [3.63, 3.8) is 0 Å². The lowest BCUT2D eigenvalue weighted by molar-refractivity contribution is -0.143. The Morgan fingerprint density at radius 2 is 0.935 bits per heavy atom. The summed E-state index contributed by atoms with van der Waals surface area (Å²) in [5.41, 5.74) is 0. The molecule has 0 saturated carbocycles. The van der Waals surface area contributed by atoms with Gasteiger partial charge in [0.05, 0.1) is 6.61 Å². The van der Waals surface area contributed by atoms with Gasteiger partial charge in [-0.05, 0) is 18.8 Å². The van der Waals surface area contributed by atoms with Crippen molar-refractivity contribution < 1.29 is 9.53 Å². The lowest BCUT2D eigenvalue weighted by Crippen LogP contribution is -2.05. The summed E-state index contributed by atoms with van der Waals surface area (Å²) >= 11 is 0. The van der Waals surface area contributed by atoms with Crippen molar-refractivity contribution in [3.8, 4) is 0 Å². The van der Waals surface area contributed by atoms with Gasteiger partial charge >= 0.3 is 5.97 Å². The predicted octanol–water partition coefficient (Wildman–Crippen LogP) is 10.2. The molecule has 0 saturated heterocycles. The van der Waals surface area contributed by atoms with Crippen molar-refractivity contribution in [1.82, 2.24) is 0 Å². The van der Waals surface area contributed by atoms with Gasteiger partial charge in [-0.2, -0.15) is 0 Å². The lowest BCUT2D eigenvalue weighted by Gasteiger charge is -2.06. The molecule has 0 bridgehead atoms. The summed E-state index contributed by atoms with van der Waals surface area (Å²) in [6.45, 7) is 7.53. The molecule has 0 aliphatic rings. The highest BCUT2D eigenvalue weighted by atomic mass is 16.5. The molecule has 0 aromatic rings. The number of carbonyl (C=O) groups excluding carboxylic acids is 1. The van der Waals surface area contributed by atoms with E-state index in [0.717, 1.165) is 18.8 Å². The zero-order chi connectivity index (χ0) is 22.8. The van der Waals surface area contributed by atoms with E-state index in [-0.39, 0.29) is 5.97 Å². The fraction of sp³-hybridized carbons (Fsp3) is 0.966. The largest absolute Gasteiger partial charge is 0.466 e. The van der Waals surface area contributed by atoms with Crippen molar-refractivity contribution in [2.75, 3.05) is 6.61 Å². The van der Waals surface area contributed by atoms with Crippen LogP contribution in [0, 0.1) is 5.92 Å². The number of carbonyl (C=O) groups is 1. The first kappa shape index (κ1) is 30.5. The van der Waals surface area contributed by atoms with Crippen LogP contribution in [0.25, 0.3) is 0 Å². The maximum absolute atomic E-state index is 11.8. The molecular formula is C29H58O2. The lowest BCUT2D eigenvalue weighted by atomic mass is 10.0. The van der Waals surface area contributed by atoms with Gasteiger partial charge in [-0.1, -0.05) is 149 Å². The Morgan fingerprint density at radius 1 is 0.548 bits per heavy atom. The average Bonchev–Trinajstić information content (AvgIpc) is 2.75. The second-order valence-corrected chi connectivity index (χ2v) is 10.2. The van der Waals surface area contributed by atoms with Crippen molar-refractivity contribution in [1.29, 1.82) is 0 Å². The minimum absolute atomic E-state index is 0.0215. The van der Waals surface area contributed by atoms with Crippen LogP contribution in [0.15, 0.2) is 0 Å². The molecule has 0 aliphatic carbocycles. The highest BCUT2D eigenvalue weighted by Crippen LogP contribution is 2.14. The standard InChI is InChI=1S/C29H58O2/c1-4-5-6-7-8-9-10-11-12-13-17-20-23-26-29(30)31-27-24-21-18-15-14-16-19-22-25-28(2)3/h28H,4-27H2,1-3H3. The summed E-state index contributed by atoms with van der Waals surface area (Å²) in [6.07, 6.45) is 29.9. The van der Waals surface area contributed by atoms with Crippen LogP contribution in [0.3, 0.4) is 0 Å². The van der Waals surface area contributed by atoms with Gasteiger partial charge in [0.15, 0.2) is 0 Å². The van der Waals surface area contributed by atoms with Crippen molar-refractivity contribution >= 4 is 5.97 Å². The summed E-state index contributed by atoms with van der Waals surface area (Å²) in [5, 5.41) is 0. The number of ether oxygens (including phenoxy) is 1. The first-order valence-electron chi connectivity index (χ1n) is 14.3. The molecule has 0 aliphatic heterocycles. The normalized spacial score (nSPS) is 11.4. The van der Waals surface area contributed by atoms with Crippen LogP contribution >= 0.6 is 0 Å². The molecule has 186 valence electrons.